The quantitative estimate of drug-likeness (QED) is 0.550. The van der Waals surface area contributed by atoms with Gasteiger partial charge in [-0.1, -0.05) is 0 Å². The van der Waals surface area contributed by atoms with Gasteiger partial charge in [-0.15, -0.1) is 0 Å². The van der Waals surface area contributed by atoms with Crippen molar-refractivity contribution in [2.24, 2.45) is 0 Å². The first-order chi connectivity index (χ1) is 17.2. The summed E-state index contributed by atoms with van der Waals surface area (Å²) in [5, 5.41) is 3.10. The number of hydrogen-bond donors (Lipinski definition) is 2. The highest BCUT2D eigenvalue weighted by Crippen LogP contribution is 2.32. The van der Waals surface area contributed by atoms with Gasteiger partial charge in [0.25, 0.3) is 0 Å². The Morgan fingerprint density at radius 1 is 1.17 bits per heavy atom. The predicted molar refractivity (Wildman–Crippen MR) is 128 cm³/mol. The number of fused-ring (bicyclic) bond motifs is 1. The molecule has 1 saturated heterocycles. The average Bonchev–Trinajstić information content (AvgIpc) is 2.83. The third kappa shape index (κ3) is 5.49. The molecule has 190 valence electrons. The van der Waals surface area contributed by atoms with Crippen molar-refractivity contribution in [3.63, 3.8) is 0 Å². The Balaban J connectivity index is 1.47. The first-order valence-corrected chi connectivity index (χ1v) is 11.7. The molecule has 2 aromatic heterocycles. The number of nitrogens with zero attached hydrogens (tertiary/aromatic N) is 5. The van der Waals surface area contributed by atoms with Crippen LogP contribution in [-0.2, 0) is 17.7 Å². The van der Waals surface area contributed by atoms with Gasteiger partial charge in [0.1, 0.15) is 11.6 Å². The standard InChI is InChI=1S/C24H26F3N7O2/c1-15-13-36-11-10-34(15)22-18-7-9-33(14-24(25,26)27)12-19(18)30-21(32-22)16-2-4-17(5-3-16)29-20-6-8-28-23(35)31-20/h2-6,8,15H,7,9-14H2,1H3,(H2,28,29,31,35)/t15-/m0/s1. The van der Waals surface area contributed by atoms with E-state index in [9.17, 15) is 18.0 Å². The van der Waals surface area contributed by atoms with E-state index in [0.717, 1.165) is 22.6 Å². The SMILES string of the molecule is C[C@H]1COCCN1c1nc(-c2ccc(Nc3ccnc(=O)[nH]3)cc2)nc2c1CCN(CC(F)(F)F)C2. The minimum atomic E-state index is -4.27. The van der Waals surface area contributed by atoms with Crippen LogP contribution in [0.4, 0.5) is 30.5 Å². The highest BCUT2D eigenvalue weighted by molar-refractivity contribution is 5.65. The lowest BCUT2D eigenvalue weighted by Crippen LogP contribution is -2.46. The van der Waals surface area contributed by atoms with Crippen molar-refractivity contribution in [3.8, 4) is 11.4 Å². The Morgan fingerprint density at radius 3 is 2.69 bits per heavy atom. The van der Waals surface area contributed by atoms with Crippen molar-refractivity contribution >= 4 is 17.3 Å². The molecule has 9 nitrogen and oxygen atoms in total. The van der Waals surface area contributed by atoms with Gasteiger partial charge in [-0.2, -0.15) is 13.2 Å². The second kappa shape index (κ2) is 9.86. The van der Waals surface area contributed by atoms with Crippen LogP contribution in [0.5, 0.6) is 0 Å². The lowest BCUT2D eigenvalue weighted by atomic mass is 10.0. The van der Waals surface area contributed by atoms with Gasteiger partial charge >= 0.3 is 11.9 Å². The van der Waals surface area contributed by atoms with Crippen LogP contribution in [0.2, 0.25) is 0 Å². The molecule has 4 heterocycles. The fourth-order valence-electron chi connectivity index (χ4n) is 4.56. The highest BCUT2D eigenvalue weighted by Gasteiger charge is 2.34. The van der Waals surface area contributed by atoms with Gasteiger partial charge in [0, 0.05) is 42.6 Å². The normalized spacial score (nSPS) is 18.7. The van der Waals surface area contributed by atoms with Crippen molar-refractivity contribution in [2.45, 2.75) is 32.1 Å². The molecule has 0 spiro atoms. The van der Waals surface area contributed by atoms with Crippen LogP contribution in [-0.4, -0.2) is 69.9 Å². The highest BCUT2D eigenvalue weighted by atomic mass is 19.4. The molecule has 0 aliphatic carbocycles. The van der Waals surface area contributed by atoms with Crippen molar-refractivity contribution in [2.75, 3.05) is 43.1 Å². The molecule has 12 heteroatoms. The zero-order valence-corrected chi connectivity index (χ0v) is 19.7. The third-order valence-electron chi connectivity index (χ3n) is 6.26. The lowest BCUT2D eigenvalue weighted by molar-refractivity contribution is -0.147. The second-order valence-corrected chi connectivity index (χ2v) is 8.98. The third-order valence-corrected chi connectivity index (χ3v) is 6.26. The number of hydrogen-bond acceptors (Lipinski definition) is 8. The summed E-state index contributed by atoms with van der Waals surface area (Å²) >= 11 is 0. The zero-order valence-electron chi connectivity index (χ0n) is 19.7. The summed E-state index contributed by atoms with van der Waals surface area (Å²) in [6.07, 6.45) is -2.40. The molecule has 1 atom stereocenters. The van der Waals surface area contributed by atoms with Gasteiger partial charge in [0.2, 0.25) is 0 Å². The van der Waals surface area contributed by atoms with E-state index in [0.29, 0.717) is 50.1 Å². The summed E-state index contributed by atoms with van der Waals surface area (Å²) < 4.78 is 44.8. The largest absolute Gasteiger partial charge is 0.401 e. The van der Waals surface area contributed by atoms with Crippen LogP contribution >= 0.6 is 0 Å². The molecule has 1 fully saturated rings. The number of rotatable bonds is 5. The number of anilines is 3. The first-order valence-electron chi connectivity index (χ1n) is 11.7. The Bertz CT molecular complexity index is 1280. The van der Waals surface area contributed by atoms with Gasteiger partial charge in [-0.25, -0.2) is 19.7 Å². The molecule has 2 N–H and O–H groups in total. The topological polar surface area (TPSA) is 99.3 Å². The molecular weight excluding hydrogens is 475 g/mol. The van der Waals surface area contributed by atoms with E-state index in [1.807, 2.05) is 24.3 Å². The molecule has 0 amide bonds. The summed E-state index contributed by atoms with van der Waals surface area (Å²) in [5.41, 5.74) is 2.55. The van der Waals surface area contributed by atoms with Gasteiger partial charge < -0.3 is 15.0 Å². The number of morpholine rings is 1. The predicted octanol–water partition coefficient (Wildman–Crippen LogP) is 3.12. The maximum absolute atomic E-state index is 13.1. The summed E-state index contributed by atoms with van der Waals surface area (Å²) in [7, 11) is 0. The number of aromatic amines is 1. The van der Waals surface area contributed by atoms with E-state index in [4.69, 9.17) is 14.7 Å². The van der Waals surface area contributed by atoms with Gasteiger partial charge in [-0.3, -0.25) is 9.88 Å². The molecule has 5 rings (SSSR count). The summed E-state index contributed by atoms with van der Waals surface area (Å²) in [5.74, 6) is 1.73. The number of aromatic nitrogens is 4. The molecular formula is C24H26F3N7O2. The molecule has 1 aromatic carbocycles. The Hall–Kier alpha value is -3.51. The maximum atomic E-state index is 13.1. The smallest absolute Gasteiger partial charge is 0.377 e. The maximum Gasteiger partial charge on any atom is 0.401 e. The number of nitrogens with one attached hydrogen (secondary N) is 2. The molecule has 0 unspecified atom stereocenters. The number of ether oxygens (including phenoxy) is 1. The van der Waals surface area contributed by atoms with Crippen LogP contribution in [0.15, 0.2) is 41.3 Å². The number of halogens is 3. The first kappa shape index (κ1) is 24.2. The van der Waals surface area contributed by atoms with Crippen LogP contribution in [0.25, 0.3) is 11.4 Å². The summed E-state index contributed by atoms with van der Waals surface area (Å²) in [6.45, 7) is 3.29. The molecule has 2 aliphatic heterocycles. The fourth-order valence-corrected chi connectivity index (χ4v) is 4.56. The van der Waals surface area contributed by atoms with Crippen LogP contribution < -0.4 is 15.9 Å². The van der Waals surface area contributed by atoms with E-state index in [1.165, 1.54) is 11.1 Å². The van der Waals surface area contributed by atoms with Crippen LogP contribution in [0, 0.1) is 0 Å². The minimum Gasteiger partial charge on any atom is -0.377 e. The van der Waals surface area contributed by atoms with Gasteiger partial charge in [-0.05, 0) is 43.7 Å². The van der Waals surface area contributed by atoms with E-state index in [-0.39, 0.29) is 12.6 Å². The van der Waals surface area contributed by atoms with Crippen LogP contribution in [0.1, 0.15) is 18.2 Å². The van der Waals surface area contributed by atoms with E-state index in [1.54, 1.807) is 6.07 Å². The molecule has 2 aliphatic rings. The van der Waals surface area contributed by atoms with Crippen molar-refractivity contribution in [1.82, 2.24) is 24.8 Å². The van der Waals surface area contributed by atoms with Gasteiger partial charge in [0.15, 0.2) is 5.82 Å². The van der Waals surface area contributed by atoms with Crippen molar-refractivity contribution in [3.05, 3.63) is 58.3 Å². The Labute approximate surface area is 205 Å². The van der Waals surface area contributed by atoms with Gasteiger partial charge in [0.05, 0.1) is 31.5 Å². The van der Waals surface area contributed by atoms with Crippen LogP contribution in [0.3, 0.4) is 0 Å². The second-order valence-electron chi connectivity index (χ2n) is 8.98. The van der Waals surface area contributed by atoms with E-state index >= 15 is 0 Å². The summed E-state index contributed by atoms with van der Waals surface area (Å²) in [6, 6.07) is 9.06. The Kier molecular flexibility index (Phi) is 6.63. The minimum absolute atomic E-state index is 0.0906. The molecule has 0 saturated carbocycles. The zero-order chi connectivity index (χ0) is 25.3. The lowest BCUT2D eigenvalue weighted by Gasteiger charge is -2.38. The molecule has 0 bridgehead atoms. The summed E-state index contributed by atoms with van der Waals surface area (Å²) in [4.78, 5) is 30.8. The van der Waals surface area contributed by atoms with Crippen molar-refractivity contribution < 1.29 is 17.9 Å². The van der Waals surface area contributed by atoms with E-state index < -0.39 is 18.4 Å². The van der Waals surface area contributed by atoms with E-state index in [2.05, 4.69) is 27.1 Å². The number of benzene rings is 1. The Morgan fingerprint density at radius 2 is 1.97 bits per heavy atom. The fraction of sp³-hybridized carbons (Fsp3) is 0.417. The monoisotopic (exact) mass is 501 g/mol. The molecule has 0 radical (unpaired) electrons. The molecule has 36 heavy (non-hydrogen) atoms. The average molecular weight is 502 g/mol. The molecule has 3 aromatic rings. The van der Waals surface area contributed by atoms with Crippen molar-refractivity contribution in [1.29, 1.82) is 0 Å². The number of H-pyrrole nitrogens is 1. The number of alkyl halides is 3.